The predicted molar refractivity (Wildman–Crippen MR) is 240 cm³/mol. The molecular formula is C54H35N3. The average molecular weight is 748 g/mol. The fraction of sp³-hybridized carbons (Fsp3) is 0. The van der Waals surface area contributed by atoms with E-state index in [1.807, 2.05) is 0 Å². The first-order valence-electron chi connectivity index (χ1n) is 28.8. The summed E-state index contributed by atoms with van der Waals surface area (Å²) >= 11 is 0. The zero-order valence-electron chi connectivity index (χ0n) is 51.3. The maximum absolute atomic E-state index is 10.0. The molecule has 0 radical (unpaired) electrons. The van der Waals surface area contributed by atoms with E-state index in [1.165, 1.54) is 9.13 Å². The fourth-order valence-corrected chi connectivity index (χ4v) is 7.62. The first-order valence-corrected chi connectivity index (χ1v) is 17.8. The highest BCUT2D eigenvalue weighted by Gasteiger charge is 2.18. The van der Waals surface area contributed by atoms with Gasteiger partial charge in [0.05, 0.1) is 63.3 Å². The number of nitrogens with zero attached hydrogens (tertiary/aromatic N) is 3. The molecule has 266 valence electrons. The Morgan fingerprint density at radius 2 is 0.737 bits per heavy atom. The average Bonchev–Trinajstić information content (AvgIpc) is 2.82. The van der Waals surface area contributed by atoms with Crippen molar-refractivity contribution in [2.75, 3.05) is 0 Å². The molecule has 12 aromatic rings. The molecule has 0 saturated heterocycles. The van der Waals surface area contributed by atoms with Gasteiger partial charge in [-0.25, -0.2) is 0 Å². The maximum atomic E-state index is 10.0. The smallest absolute Gasteiger partial charge is 0.0652 e. The minimum absolute atomic E-state index is 0.144. The number of hydrogen-bond donors (Lipinski definition) is 0. The first-order chi connectivity index (χ1) is 37.5. The summed E-state index contributed by atoms with van der Waals surface area (Å²) in [7, 11) is 0. The summed E-state index contributed by atoms with van der Waals surface area (Å²) in [6.45, 7) is 0. The monoisotopic (exact) mass is 747 g/mol. The highest BCUT2D eigenvalue weighted by molar-refractivity contribution is 6.14. The summed E-state index contributed by atoms with van der Waals surface area (Å²) in [5.41, 5.74) is -1.77. The Labute approximate surface area is 360 Å². The molecule has 0 N–H and O–H groups in total. The Hall–Kier alpha value is -7.62. The van der Waals surface area contributed by atoms with Gasteiger partial charge in [-0.3, -0.25) is 0 Å². The molecule has 3 aromatic heterocycles. The molecule has 0 spiro atoms. The summed E-state index contributed by atoms with van der Waals surface area (Å²) < 4.78 is 207. The van der Waals surface area contributed by atoms with Crippen LogP contribution in [0, 0.1) is 0 Å². The Kier molecular flexibility index (Phi) is 3.72. The molecule has 0 fully saturated rings. The van der Waals surface area contributed by atoms with Gasteiger partial charge in [-0.05, 0) is 107 Å². The van der Waals surface area contributed by atoms with Gasteiger partial charge in [0, 0.05) is 49.4 Å². The van der Waals surface area contributed by atoms with Crippen molar-refractivity contribution in [2.45, 2.75) is 0 Å². The van der Waals surface area contributed by atoms with Crippen LogP contribution in [0.2, 0.25) is 0 Å². The van der Waals surface area contributed by atoms with Crippen molar-refractivity contribution in [3.05, 3.63) is 212 Å². The lowest BCUT2D eigenvalue weighted by Gasteiger charge is -2.11. The molecule has 3 heterocycles. The van der Waals surface area contributed by atoms with Crippen LogP contribution in [0.3, 0.4) is 0 Å². The Bertz CT molecular complexity index is 4790. The van der Waals surface area contributed by atoms with Crippen LogP contribution in [-0.2, 0) is 0 Å². The number of aromatic nitrogens is 3. The van der Waals surface area contributed by atoms with Crippen LogP contribution in [0.4, 0.5) is 0 Å². The van der Waals surface area contributed by atoms with Gasteiger partial charge in [-0.15, -0.1) is 0 Å². The van der Waals surface area contributed by atoms with E-state index < -0.39 is 166 Å². The normalized spacial score (nSPS) is 17.3. The number of rotatable bonds is 5. The third-order valence-electron chi connectivity index (χ3n) is 10.1. The van der Waals surface area contributed by atoms with Gasteiger partial charge in [-0.1, -0.05) is 127 Å². The third-order valence-corrected chi connectivity index (χ3v) is 10.1. The second-order valence-electron chi connectivity index (χ2n) is 13.2. The zero-order chi connectivity index (χ0) is 56.6. The van der Waals surface area contributed by atoms with E-state index in [4.69, 9.17) is 12.3 Å². The lowest BCUT2D eigenvalue weighted by atomic mass is 10.0. The van der Waals surface area contributed by atoms with E-state index in [0.29, 0.717) is 16.8 Å². The summed E-state index contributed by atoms with van der Waals surface area (Å²) in [5, 5.41) is -1.96. The van der Waals surface area contributed by atoms with Crippen molar-refractivity contribution >= 4 is 65.4 Å². The van der Waals surface area contributed by atoms with Crippen LogP contribution >= 0.6 is 0 Å². The quantitative estimate of drug-likeness (QED) is 0.167. The third kappa shape index (κ3) is 4.86. The lowest BCUT2D eigenvalue weighted by molar-refractivity contribution is 1.17. The van der Waals surface area contributed by atoms with Crippen molar-refractivity contribution in [1.82, 2.24) is 13.7 Å². The standard InChI is InChI=1S/C54H35N3/c1-3-14-36(15-4-1)37-16-13-19-41(32-37)56-50-24-11-7-20-43(50)46-33-38(26-29-52(46)56)39-27-30-53-47(34-39)44-21-8-12-25-51(44)57(53)42-28-31-54-48(35-42)45-22-9-10-23-49(45)55(54)40-17-5-2-6-18-40/h1-35H/i1D,7D,8D,9D,10D,11D,12D,20D,21D,22D,23D,24D,25D,26D,27D,28D,29D,30D,31D,33D,34D,35D. The number of hydrogen-bond acceptors (Lipinski definition) is 0. The van der Waals surface area contributed by atoms with Crippen LogP contribution < -0.4 is 0 Å². The molecule has 0 aliphatic heterocycles. The van der Waals surface area contributed by atoms with Gasteiger partial charge < -0.3 is 13.7 Å². The molecule has 9 aromatic carbocycles. The molecule has 0 aliphatic rings. The molecule has 0 saturated carbocycles. The van der Waals surface area contributed by atoms with Crippen molar-refractivity contribution in [1.29, 1.82) is 0 Å². The van der Waals surface area contributed by atoms with E-state index in [1.54, 1.807) is 78.9 Å². The van der Waals surface area contributed by atoms with Crippen LogP contribution in [0.15, 0.2) is 212 Å². The lowest BCUT2D eigenvalue weighted by Crippen LogP contribution is -1.95. The summed E-state index contributed by atoms with van der Waals surface area (Å²) in [6, 6.07) is 6.80. The van der Waals surface area contributed by atoms with Gasteiger partial charge in [0.2, 0.25) is 0 Å². The molecule has 0 atom stereocenters. The highest BCUT2D eigenvalue weighted by atomic mass is 15.0. The second kappa shape index (κ2) is 12.5. The molecule has 0 unspecified atom stereocenters. The predicted octanol–water partition coefficient (Wildman–Crippen LogP) is 14.3. The highest BCUT2D eigenvalue weighted by Crippen LogP contribution is 2.40. The molecular weight excluding hydrogens is 691 g/mol. The van der Waals surface area contributed by atoms with Gasteiger partial charge in [-0.2, -0.15) is 0 Å². The summed E-state index contributed by atoms with van der Waals surface area (Å²) in [5.74, 6) is 0. The number of para-hydroxylation sites is 4. The van der Waals surface area contributed by atoms with Crippen molar-refractivity contribution in [3.63, 3.8) is 0 Å². The van der Waals surface area contributed by atoms with E-state index in [2.05, 4.69) is 0 Å². The molecule has 57 heavy (non-hydrogen) atoms. The fourth-order valence-electron chi connectivity index (χ4n) is 7.62. The molecule has 0 bridgehead atoms. The summed E-state index contributed by atoms with van der Waals surface area (Å²) in [6.07, 6.45) is 0. The van der Waals surface area contributed by atoms with E-state index >= 15 is 0 Å². The Morgan fingerprint density at radius 1 is 0.281 bits per heavy atom. The Balaban J connectivity index is 1.23. The number of benzene rings is 9. The molecule has 3 heteroatoms. The SMILES string of the molecule is [2H]c1ccc(-c2cccc(-n3c4c([2H])c([2H])c([2H])c([2H])c4c4c([2H])c(-c5c([2H])c([2H])c6c(c5[2H])c5c([2H])c([2H])c([2H])c([2H])c5n6-c5c([2H])c([2H])c6c(c5[2H])c5c([2H])c([2H])c([2H])c([2H])c5n6-c5ccccc5)c([2H])c([2H])c43)c2)cc1. The van der Waals surface area contributed by atoms with Gasteiger partial charge in [0.1, 0.15) is 0 Å². The minimum Gasteiger partial charge on any atom is -0.309 e. The minimum atomic E-state index is -0.894. The molecule has 12 rings (SSSR count). The molecule has 0 aliphatic carbocycles. The van der Waals surface area contributed by atoms with Gasteiger partial charge >= 0.3 is 0 Å². The van der Waals surface area contributed by atoms with Crippen molar-refractivity contribution in [2.24, 2.45) is 0 Å². The molecule has 3 nitrogen and oxygen atoms in total. The largest absolute Gasteiger partial charge is 0.309 e. The van der Waals surface area contributed by atoms with Crippen LogP contribution in [0.5, 0.6) is 0 Å². The van der Waals surface area contributed by atoms with Gasteiger partial charge in [0.15, 0.2) is 0 Å². The van der Waals surface area contributed by atoms with Crippen molar-refractivity contribution < 1.29 is 30.2 Å². The first kappa shape index (κ1) is 17.0. The second-order valence-corrected chi connectivity index (χ2v) is 13.2. The number of fused-ring (bicyclic) bond motifs is 9. The van der Waals surface area contributed by atoms with Crippen LogP contribution in [0.1, 0.15) is 30.2 Å². The van der Waals surface area contributed by atoms with E-state index in [9.17, 15) is 17.8 Å². The van der Waals surface area contributed by atoms with Crippen LogP contribution in [0.25, 0.3) is 105 Å². The topological polar surface area (TPSA) is 14.8 Å². The molecule has 0 amide bonds. The van der Waals surface area contributed by atoms with Crippen molar-refractivity contribution in [3.8, 4) is 39.3 Å². The van der Waals surface area contributed by atoms with Gasteiger partial charge in [0.25, 0.3) is 0 Å². The summed E-state index contributed by atoms with van der Waals surface area (Å²) in [4.78, 5) is 0. The Morgan fingerprint density at radius 3 is 1.33 bits per heavy atom. The van der Waals surface area contributed by atoms with E-state index in [-0.39, 0.29) is 55.3 Å². The zero-order valence-corrected chi connectivity index (χ0v) is 29.3. The maximum Gasteiger partial charge on any atom is 0.0652 e. The van der Waals surface area contributed by atoms with Crippen LogP contribution in [-0.4, -0.2) is 13.7 Å². The van der Waals surface area contributed by atoms with E-state index in [0.717, 1.165) is 4.57 Å².